The van der Waals surface area contributed by atoms with Gasteiger partial charge in [0.25, 0.3) is 5.82 Å². The predicted molar refractivity (Wildman–Crippen MR) is 50.4 cm³/mol. The Balaban J connectivity index is 2.05. The van der Waals surface area contributed by atoms with Crippen LogP contribution in [0.1, 0.15) is 24.6 Å². The molecule has 0 bridgehead atoms. The third kappa shape index (κ3) is 2.61. The first-order chi connectivity index (χ1) is 8.38. The predicted octanol–water partition coefficient (Wildman–Crippen LogP) is 1.14. The van der Waals surface area contributed by atoms with E-state index in [4.69, 9.17) is 5.11 Å². The summed E-state index contributed by atoms with van der Waals surface area (Å²) >= 11 is 0. The van der Waals surface area contributed by atoms with Gasteiger partial charge in [-0.3, -0.25) is 9.69 Å². The number of hydrogen-bond acceptors (Lipinski definition) is 5. The van der Waals surface area contributed by atoms with Crippen molar-refractivity contribution in [2.75, 3.05) is 6.54 Å². The maximum atomic E-state index is 12.2. The highest BCUT2D eigenvalue weighted by Crippen LogP contribution is 2.27. The van der Waals surface area contributed by atoms with E-state index in [2.05, 4.69) is 14.7 Å². The average Bonchev–Trinajstić information content (AvgIpc) is 2.85. The minimum atomic E-state index is -4.65. The van der Waals surface area contributed by atoms with E-state index in [-0.39, 0.29) is 12.4 Å². The van der Waals surface area contributed by atoms with Crippen molar-refractivity contribution in [3.05, 3.63) is 11.7 Å². The van der Waals surface area contributed by atoms with Gasteiger partial charge in [-0.05, 0) is 19.4 Å². The molecule has 1 N–H and O–H groups in total. The largest absolute Gasteiger partial charge is 0.480 e. The Labute approximate surface area is 99.4 Å². The summed E-state index contributed by atoms with van der Waals surface area (Å²) < 4.78 is 41.1. The molecule has 0 saturated carbocycles. The van der Waals surface area contributed by atoms with Crippen molar-refractivity contribution in [3.8, 4) is 0 Å². The van der Waals surface area contributed by atoms with E-state index in [9.17, 15) is 18.0 Å². The van der Waals surface area contributed by atoms with Gasteiger partial charge in [0.15, 0.2) is 0 Å². The van der Waals surface area contributed by atoms with Crippen LogP contribution in [0, 0.1) is 0 Å². The Morgan fingerprint density at radius 1 is 1.56 bits per heavy atom. The maximum Gasteiger partial charge on any atom is 0.455 e. The molecule has 1 aliphatic rings. The molecule has 0 spiro atoms. The first-order valence-corrected chi connectivity index (χ1v) is 5.24. The van der Waals surface area contributed by atoms with Gasteiger partial charge in [0.05, 0.1) is 6.54 Å². The van der Waals surface area contributed by atoms with Crippen LogP contribution in [0.25, 0.3) is 0 Å². The molecule has 1 fully saturated rings. The highest BCUT2D eigenvalue weighted by molar-refractivity contribution is 5.73. The quantitative estimate of drug-likeness (QED) is 0.882. The Bertz CT molecular complexity index is 446. The molecule has 6 nitrogen and oxygen atoms in total. The fraction of sp³-hybridized carbons (Fsp3) is 0.667. The summed E-state index contributed by atoms with van der Waals surface area (Å²) in [4.78, 5) is 15.6. The number of carbonyl (C=O) groups is 1. The number of nitrogens with zero attached hydrogens (tertiary/aromatic N) is 3. The number of halogens is 3. The Hall–Kier alpha value is -1.64. The topological polar surface area (TPSA) is 79.5 Å². The van der Waals surface area contributed by atoms with Crippen LogP contribution in [0.3, 0.4) is 0 Å². The van der Waals surface area contributed by atoms with Gasteiger partial charge in [0.1, 0.15) is 6.04 Å². The Morgan fingerprint density at radius 3 is 2.83 bits per heavy atom. The first-order valence-electron chi connectivity index (χ1n) is 5.24. The minimum absolute atomic E-state index is 0.0833. The summed E-state index contributed by atoms with van der Waals surface area (Å²) in [5.74, 6) is -2.57. The third-order valence-electron chi connectivity index (χ3n) is 2.71. The molecular weight excluding hydrogens is 255 g/mol. The number of carboxylic acid groups (broad SMARTS) is 1. The zero-order chi connectivity index (χ0) is 13.3. The minimum Gasteiger partial charge on any atom is -0.480 e. The van der Waals surface area contributed by atoms with E-state index in [1.54, 1.807) is 0 Å². The van der Waals surface area contributed by atoms with Crippen molar-refractivity contribution in [2.24, 2.45) is 0 Å². The number of aromatic nitrogens is 2. The molecule has 0 aromatic carbocycles. The average molecular weight is 265 g/mol. The number of alkyl halides is 3. The fourth-order valence-electron chi connectivity index (χ4n) is 1.90. The van der Waals surface area contributed by atoms with Crippen LogP contribution >= 0.6 is 0 Å². The monoisotopic (exact) mass is 265 g/mol. The van der Waals surface area contributed by atoms with Crippen LogP contribution in [0.15, 0.2) is 4.52 Å². The molecule has 1 aliphatic heterocycles. The van der Waals surface area contributed by atoms with Gasteiger partial charge < -0.3 is 9.63 Å². The van der Waals surface area contributed by atoms with E-state index in [0.717, 1.165) is 0 Å². The number of aliphatic carboxylic acids is 1. The molecule has 0 amide bonds. The fourth-order valence-corrected chi connectivity index (χ4v) is 1.90. The summed E-state index contributed by atoms with van der Waals surface area (Å²) in [7, 11) is 0. The van der Waals surface area contributed by atoms with Gasteiger partial charge in [-0.25, -0.2) is 0 Å². The molecule has 100 valence electrons. The Morgan fingerprint density at radius 2 is 2.28 bits per heavy atom. The van der Waals surface area contributed by atoms with Crippen molar-refractivity contribution in [3.63, 3.8) is 0 Å². The van der Waals surface area contributed by atoms with Gasteiger partial charge >= 0.3 is 12.1 Å². The summed E-state index contributed by atoms with van der Waals surface area (Å²) in [6.07, 6.45) is -3.51. The van der Waals surface area contributed by atoms with Crippen molar-refractivity contribution in [1.82, 2.24) is 15.0 Å². The zero-order valence-corrected chi connectivity index (χ0v) is 9.15. The maximum absolute atomic E-state index is 12.2. The summed E-state index contributed by atoms with van der Waals surface area (Å²) in [6, 6.07) is -0.703. The molecule has 1 aromatic rings. The van der Waals surface area contributed by atoms with E-state index in [1.807, 2.05) is 0 Å². The van der Waals surface area contributed by atoms with Gasteiger partial charge in [-0.2, -0.15) is 18.2 Å². The third-order valence-corrected chi connectivity index (χ3v) is 2.71. The zero-order valence-electron chi connectivity index (χ0n) is 9.15. The van der Waals surface area contributed by atoms with Crippen molar-refractivity contribution >= 4 is 5.97 Å². The standard InChI is InChI=1S/C9H10F3N3O3/c10-9(11,12)8-13-6(18-14-8)4-15-3-1-2-5(15)7(16)17/h5H,1-4H2,(H,16,17)/t5-/m0/s1. The van der Waals surface area contributed by atoms with Gasteiger partial charge in [0.2, 0.25) is 5.89 Å². The van der Waals surface area contributed by atoms with Crippen LogP contribution in [0.5, 0.6) is 0 Å². The molecule has 1 atom stereocenters. The number of hydrogen-bond donors (Lipinski definition) is 1. The molecule has 2 rings (SSSR count). The molecular formula is C9H10F3N3O3. The van der Waals surface area contributed by atoms with E-state index >= 15 is 0 Å². The number of carboxylic acids is 1. The van der Waals surface area contributed by atoms with E-state index in [1.165, 1.54) is 4.90 Å². The SMILES string of the molecule is O=C(O)[C@@H]1CCCN1Cc1nc(C(F)(F)F)no1. The summed E-state index contributed by atoms with van der Waals surface area (Å²) in [5.41, 5.74) is 0. The molecule has 9 heteroatoms. The van der Waals surface area contributed by atoms with Crippen LogP contribution in [0.2, 0.25) is 0 Å². The van der Waals surface area contributed by atoms with Crippen LogP contribution < -0.4 is 0 Å². The molecule has 1 aromatic heterocycles. The molecule has 0 aliphatic carbocycles. The Kier molecular flexibility index (Phi) is 3.24. The van der Waals surface area contributed by atoms with Crippen molar-refractivity contribution in [2.45, 2.75) is 31.6 Å². The second kappa shape index (κ2) is 4.56. The molecule has 1 saturated heterocycles. The lowest BCUT2D eigenvalue weighted by Gasteiger charge is -2.18. The highest BCUT2D eigenvalue weighted by Gasteiger charge is 2.38. The first kappa shape index (κ1) is 12.8. The number of likely N-dealkylation sites (tertiary alicyclic amines) is 1. The lowest BCUT2D eigenvalue weighted by molar-refractivity contribution is -0.146. The summed E-state index contributed by atoms with van der Waals surface area (Å²) in [6.45, 7) is 0.404. The highest BCUT2D eigenvalue weighted by atomic mass is 19.4. The molecule has 2 heterocycles. The van der Waals surface area contributed by atoms with Crippen LogP contribution in [-0.2, 0) is 17.5 Å². The molecule has 18 heavy (non-hydrogen) atoms. The van der Waals surface area contributed by atoms with Crippen molar-refractivity contribution in [1.29, 1.82) is 0 Å². The van der Waals surface area contributed by atoms with Gasteiger partial charge in [-0.1, -0.05) is 5.16 Å². The lowest BCUT2D eigenvalue weighted by atomic mass is 10.2. The van der Waals surface area contributed by atoms with Crippen LogP contribution in [0.4, 0.5) is 13.2 Å². The lowest BCUT2D eigenvalue weighted by Crippen LogP contribution is -2.35. The second-order valence-electron chi connectivity index (χ2n) is 3.98. The van der Waals surface area contributed by atoms with Gasteiger partial charge in [-0.15, -0.1) is 0 Å². The van der Waals surface area contributed by atoms with Crippen molar-refractivity contribution < 1.29 is 27.6 Å². The normalized spacial score (nSPS) is 21.4. The molecule has 0 unspecified atom stereocenters. The molecule has 0 radical (unpaired) electrons. The second-order valence-corrected chi connectivity index (χ2v) is 3.98. The summed E-state index contributed by atoms with van der Waals surface area (Å²) in [5, 5.41) is 11.7. The smallest absolute Gasteiger partial charge is 0.455 e. The van der Waals surface area contributed by atoms with Gasteiger partial charge in [0, 0.05) is 0 Å². The van der Waals surface area contributed by atoms with Crippen LogP contribution in [-0.4, -0.2) is 38.7 Å². The number of rotatable bonds is 3. The van der Waals surface area contributed by atoms with E-state index < -0.39 is 24.0 Å². The van der Waals surface area contributed by atoms with E-state index in [0.29, 0.717) is 19.4 Å².